The van der Waals surface area contributed by atoms with Gasteiger partial charge in [0.15, 0.2) is 0 Å². The highest BCUT2D eigenvalue weighted by atomic mass is 35.5. The van der Waals surface area contributed by atoms with Crippen LogP contribution in [0.5, 0.6) is 5.75 Å². The number of aromatic hydroxyl groups is 1. The van der Waals surface area contributed by atoms with Crippen LogP contribution in [0, 0.1) is 0 Å². The molecule has 0 aliphatic carbocycles. The van der Waals surface area contributed by atoms with E-state index in [-0.39, 0.29) is 11.4 Å². The SMILES string of the molecule is O=C(NN=Cc1cccc(O)c1)c1cc(-c2cc(Cl)cc(Cl)c2)n[nH]1. The first-order valence-corrected chi connectivity index (χ1v) is 7.91. The molecule has 0 saturated heterocycles. The molecule has 0 bridgehead atoms. The highest BCUT2D eigenvalue weighted by Gasteiger charge is 2.11. The molecule has 3 rings (SSSR count). The maximum Gasteiger partial charge on any atom is 0.289 e. The average Bonchev–Trinajstić information content (AvgIpc) is 3.04. The van der Waals surface area contributed by atoms with Crippen LogP contribution in [0.15, 0.2) is 53.6 Å². The van der Waals surface area contributed by atoms with E-state index in [0.29, 0.717) is 26.9 Å². The molecule has 1 aromatic heterocycles. The first-order valence-electron chi connectivity index (χ1n) is 7.15. The molecule has 3 aromatic rings. The normalized spacial score (nSPS) is 11.0. The summed E-state index contributed by atoms with van der Waals surface area (Å²) >= 11 is 11.9. The zero-order valence-electron chi connectivity index (χ0n) is 12.7. The van der Waals surface area contributed by atoms with E-state index in [9.17, 15) is 9.90 Å². The van der Waals surface area contributed by atoms with E-state index in [4.69, 9.17) is 23.2 Å². The van der Waals surface area contributed by atoms with Crippen molar-refractivity contribution in [3.05, 3.63) is 69.8 Å². The van der Waals surface area contributed by atoms with Gasteiger partial charge >= 0.3 is 0 Å². The number of amides is 1. The minimum atomic E-state index is -0.455. The lowest BCUT2D eigenvalue weighted by molar-refractivity contribution is 0.0950. The maximum atomic E-state index is 12.1. The zero-order valence-corrected chi connectivity index (χ0v) is 14.2. The van der Waals surface area contributed by atoms with E-state index < -0.39 is 5.91 Å². The number of nitrogens with zero attached hydrogens (tertiary/aromatic N) is 2. The van der Waals surface area contributed by atoms with Crippen LogP contribution in [0.25, 0.3) is 11.3 Å². The molecule has 0 fully saturated rings. The molecule has 126 valence electrons. The van der Waals surface area contributed by atoms with Crippen molar-refractivity contribution >= 4 is 35.3 Å². The third kappa shape index (κ3) is 4.37. The number of carbonyl (C=O) groups is 1. The molecule has 2 aromatic carbocycles. The molecule has 1 amide bonds. The van der Waals surface area contributed by atoms with E-state index in [1.807, 2.05) is 0 Å². The molecule has 0 radical (unpaired) electrons. The van der Waals surface area contributed by atoms with Crippen molar-refractivity contribution < 1.29 is 9.90 Å². The molecule has 0 unspecified atom stereocenters. The number of carbonyl (C=O) groups excluding carboxylic acids is 1. The van der Waals surface area contributed by atoms with Crippen LogP contribution < -0.4 is 5.43 Å². The molecular formula is C17H12Cl2N4O2. The standard InChI is InChI=1S/C17H12Cl2N4O2/c18-12-5-11(6-13(19)7-12)15-8-16(22-21-15)17(25)23-20-9-10-2-1-3-14(24)4-10/h1-9,24H,(H,21,22)(H,23,25). The van der Waals surface area contributed by atoms with E-state index in [2.05, 4.69) is 20.7 Å². The Labute approximate surface area is 153 Å². The van der Waals surface area contributed by atoms with Crippen molar-refractivity contribution in [3.63, 3.8) is 0 Å². The summed E-state index contributed by atoms with van der Waals surface area (Å²) < 4.78 is 0. The molecule has 3 N–H and O–H groups in total. The number of phenols is 1. The number of aromatic nitrogens is 2. The lowest BCUT2D eigenvalue weighted by atomic mass is 10.1. The first-order chi connectivity index (χ1) is 12.0. The maximum absolute atomic E-state index is 12.1. The molecule has 25 heavy (non-hydrogen) atoms. The molecule has 6 nitrogen and oxygen atoms in total. The zero-order chi connectivity index (χ0) is 17.8. The van der Waals surface area contributed by atoms with Gasteiger partial charge in [-0.1, -0.05) is 35.3 Å². The van der Waals surface area contributed by atoms with Gasteiger partial charge in [-0.3, -0.25) is 9.89 Å². The number of halogens is 2. The van der Waals surface area contributed by atoms with Crippen LogP contribution in [-0.4, -0.2) is 27.4 Å². The summed E-state index contributed by atoms with van der Waals surface area (Å²) in [5.41, 5.74) is 4.49. The highest BCUT2D eigenvalue weighted by molar-refractivity contribution is 6.35. The first kappa shape index (κ1) is 17.0. The number of aromatic amines is 1. The number of hydrogen-bond acceptors (Lipinski definition) is 4. The van der Waals surface area contributed by atoms with Crippen molar-refractivity contribution in [1.29, 1.82) is 0 Å². The van der Waals surface area contributed by atoms with Crippen LogP contribution in [0.1, 0.15) is 16.1 Å². The molecule has 0 spiro atoms. The fourth-order valence-electron chi connectivity index (χ4n) is 2.12. The summed E-state index contributed by atoms with van der Waals surface area (Å²) in [7, 11) is 0. The Bertz CT molecular complexity index is 933. The topological polar surface area (TPSA) is 90.4 Å². The lowest BCUT2D eigenvalue weighted by Crippen LogP contribution is -2.17. The van der Waals surface area contributed by atoms with Crippen LogP contribution >= 0.6 is 23.2 Å². The van der Waals surface area contributed by atoms with E-state index >= 15 is 0 Å². The van der Waals surface area contributed by atoms with Gasteiger partial charge in [-0.25, -0.2) is 5.43 Å². The molecular weight excluding hydrogens is 363 g/mol. The Kier molecular flexibility index (Phi) is 5.02. The third-order valence-corrected chi connectivity index (χ3v) is 3.67. The fraction of sp³-hybridized carbons (Fsp3) is 0. The second-order valence-electron chi connectivity index (χ2n) is 5.12. The minimum absolute atomic E-state index is 0.119. The van der Waals surface area contributed by atoms with Crippen LogP contribution in [0.2, 0.25) is 10.0 Å². The van der Waals surface area contributed by atoms with Gasteiger partial charge in [0.2, 0.25) is 0 Å². The number of H-pyrrole nitrogens is 1. The van der Waals surface area contributed by atoms with Crippen LogP contribution in [0.4, 0.5) is 0 Å². The van der Waals surface area contributed by atoms with Gasteiger partial charge < -0.3 is 5.11 Å². The predicted molar refractivity (Wildman–Crippen MR) is 97.2 cm³/mol. The molecule has 8 heteroatoms. The van der Waals surface area contributed by atoms with Gasteiger partial charge in [-0.2, -0.15) is 10.2 Å². The van der Waals surface area contributed by atoms with Gasteiger partial charge in [0.1, 0.15) is 11.4 Å². The number of hydrogen-bond donors (Lipinski definition) is 3. The van der Waals surface area contributed by atoms with Crippen LogP contribution in [-0.2, 0) is 0 Å². The van der Waals surface area contributed by atoms with Gasteiger partial charge in [-0.05, 0) is 42.0 Å². The number of nitrogens with one attached hydrogen (secondary N) is 2. The van der Waals surface area contributed by atoms with E-state index in [0.717, 1.165) is 0 Å². The second-order valence-corrected chi connectivity index (χ2v) is 5.99. The summed E-state index contributed by atoms with van der Waals surface area (Å²) in [6, 6.07) is 13.1. The lowest BCUT2D eigenvalue weighted by Gasteiger charge is -1.98. The molecule has 0 aliphatic rings. The van der Waals surface area contributed by atoms with Crippen molar-refractivity contribution in [2.24, 2.45) is 5.10 Å². The Hall–Kier alpha value is -2.83. The predicted octanol–water partition coefficient (Wildman–Crippen LogP) is 3.85. The Morgan fingerprint density at radius 3 is 2.64 bits per heavy atom. The van der Waals surface area contributed by atoms with E-state index in [1.54, 1.807) is 42.5 Å². The van der Waals surface area contributed by atoms with Crippen molar-refractivity contribution in [2.45, 2.75) is 0 Å². The Morgan fingerprint density at radius 1 is 1.16 bits per heavy atom. The molecule has 1 heterocycles. The summed E-state index contributed by atoms with van der Waals surface area (Å²) in [6.07, 6.45) is 1.42. The smallest absolute Gasteiger partial charge is 0.289 e. The second kappa shape index (κ2) is 7.38. The molecule has 0 atom stereocenters. The Morgan fingerprint density at radius 2 is 1.92 bits per heavy atom. The van der Waals surface area contributed by atoms with E-state index in [1.165, 1.54) is 12.3 Å². The number of phenolic OH excluding ortho intramolecular Hbond substituents is 1. The summed E-state index contributed by atoms with van der Waals surface area (Å²) in [6.45, 7) is 0. The Balaban J connectivity index is 1.70. The number of rotatable bonds is 4. The third-order valence-electron chi connectivity index (χ3n) is 3.23. The largest absolute Gasteiger partial charge is 0.508 e. The van der Waals surface area contributed by atoms with Gasteiger partial charge in [-0.15, -0.1) is 0 Å². The quantitative estimate of drug-likeness (QED) is 0.478. The van der Waals surface area contributed by atoms with Crippen molar-refractivity contribution in [3.8, 4) is 17.0 Å². The van der Waals surface area contributed by atoms with Gasteiger partial charge in [0, 0.05) is 15.6 Å². The highest BCUT2D eigenvalue weighted by Crippen LogP contribution is 2.26. The van der Waals surface area contributed by atoms with Crippen LogP contribution in [0.3, 0.4) is 0 Å². The average molecular weight is 375 g/mol. The summed E-state index contributed by atoms with van der Waals surface area (Å²) in [4.78, 5) is 12.1. The fourth-order valence-corrected chi connectivity index (χ4v) is 2.64. The van der Waals surface area contributed by atoms with Crippen molar-refractivity contribution in [1.82, 2.24) is 15.6 Å². The summed E-state index contributed by atoms with van der Waals surface area (Å²) in [5, 5.41) is 20.9. The van der Waals surface area contributed by atoms with Gasteiger partial charge in [0.05, 0.1) is 11.9 Å². The minimum Gasteiger partial charge on any atom is -0.508 e. The number of benzene rings is 2. The summed E-state index contributed by atoms with van der Waals surface area (Å²) in [5.74, 6) is -0.336. The molecule has 0 saturated carbocycles. The molecule has 0 aliphatic heterocycles. The van der Waals surface area contributed by atoms with Crippen molar-refractivity contribution in [2.75, 3.05) is 0 Å². The van der Waals surface area contributed by atoms with Gasteiger partial charge in [0.25, 0.3) is 5.91 Å². The monoisotopic (exact) mass is 374 g/mol. The number of hydrazone groups is 1.